The Bertz CT molecular complexity index is 1580. The summed E-state index contributed by atoms with van der Waals surface area (Å²) < 4.78 is 0. The van der Waals surface area contributed by atoms with Gasteiger partial charge in [0.1, 0.15) is 0 Å². The number of aliphatic carboxylic acids is 1. The molecule has 3 N–H and O–H groups in total. The van der Waals surface area contributed by atoms with E-state index in [9.17, 15) is 15.0 Å². The van der Waals surface area contributed by atoms with E-state index in [1.807, 2.05) is 80.2 Å². The van der Waals surface area contributed by atoms with Gasteiger partial charge in [-0.1, -0.05) is 78.3 Å². The molecule has 1 aliphatic rings. The Morgan fingerprint density at radius 1 is 1.07 bits per heavy atom. The number of nitrogens with zero attached hydrogens (tertiary/aromatic N) is 1. The minimum absolute atomic E-state index is 0. The second-order valence-electron chi connectivity index (χ2n) is 11.7. The average molecular weight is 626 g/mol. The van der Waals surface area contributed by atoms with Crippen molar-refractivity contribution in [3.8, 4) is 0 Å². The van der Waals surface area contributed by atoms with Gasteiger partial charge < -0.3 is 20.5 Å². The largest absolute Gasteiger partial charge is 1.00 e. The van der Waals surface area contributed by atoms with E-state index in [4.69, 9.17) is 16.6 Å². The number of aromatic nitrogens is 1. The van der Waals surface area contributed by atoms with Crippen LogP contribution in [0.1, 0.15) is 72.7 Å². The number of halogens is 1. The van der Waals surface area contributed by atoms with Crippen LogP contribution in [0.2, 0.25) is 5.02 Å². The van der Waals surface area contributed by atoms with E-state index < -0.39 is 11.6 Å². The van der Waals surface area contributed by atoms with Crippen molar-refractivity contribution in [3.63, 3.8) is 0 Å². The molecule has 43 heavy (non-hydrogen) atoms. The van der Waals surface area contributed by atoms with Crippen molar-refractivity contribution in [3.05, 3.63) is 112 Å². The first-order valence-corrected chi connectivity index (χ1v) is 15.5. The van der Waals surface area contributed by atoms with Crippen LogP contribution in [-0.2, 0) is 16.8 Å². The molecule has 4 aromatic rings. The number of benzene rings is 3. The second-order valence-corrected chi connectivity index (χ2v) is 13.3. The summed E-state index contributed by atoms with van der Waals surface area (Å²) in [5.74, 6) is -0.168. The van der Waals surface area contributed by atoms with Gasteiger partial charge in [-0.25, -0.2) is 4.98 Å². The zero-order valence-electron chi connectivity index (χ0n) is 25.0. The van der Waals surface area contributed by atoms with Crippen LogP contribution in [0, 0.1) is 5.41 Å². The summed E-state index contributed by atoms with van der Waals surface area (Å²) in [5, 5.41) is 24.0. The van der Waals surface area contributed by atoms with Crippen molar-refractivity contribution >= 4 is 52.4 Å². The number of fused-ring (bicyclic) bond motifs is 1. The standard InChI is InChI=1S/C35H36ClNO3S.Na.H2O/c1-34(2,40)30-9-4-3-7-25(30)13-17-32(41-23-35(18-19-35)22-33(38)39)27-8-5-6-24(20-27)10-15-29-16-12-26-11-14-28(36)21-31(26)37-29;;/h3-12,14-16,20-21,32,40H,13,17-19,22-23H2,1-2H3,(H,38,39);;1H2/q;+1;/p-1/t32-;;/m1../s1. The maximum atomic E-state index is 11.4. The maximum Gasteiger partial charge on any atom is 1.00 e. The Morgan fingerprint density at radius 3 is 2.53 bits per heavy atom. The van der Waals surface area contributed by atoms with Crippen LogP contribution < -0.4 is 34.7 Å². The SMILES string of the molecule is CC(C)(O)c1ccccc1CC[C@@H](SCC1(CC(=O)[O-])CC1)c1cccc(C=Cc2ccc3ccc(Cl)cc3n2)c1.O.[Na+]. The smallest absolute Gasteiger partial charge is 0.550 e. The normalized spacial score (nSPS) is 14.6. The summed E-state index contributed by atoms with van der Waals surface area (Å²) in [6, 6.07) is 26.4. The molecule has 8 heteroatoms. The third-order valence-electron chi connectivity index (χ3n) is 7.82. The Kier molecular flexibility index (Phi) is 12.5. The molecule has 220 valence electrons. The third kappa shape index (κ3) is 9.66. The van der Waals surface area contributed by atoms with Gasteiger partial charge in [-0.15, -0.1) is 0 Å². The molecular weight excluding hydrogens is 589 g/mol. The van der Waals surface area contributed by atoms with Gasteiger partial charge in [-0.05, 0) is 104 Å². The fourth-order valence-electron chi connectivity index (χ4n) is 5.34. The van der Waals surface area contributed by atoms with Gasteiger partial charge in [0.05, 0.1) is 16.8 Å². The summed E-state index contributed by atoms with van der Waals surface area (Å²) >= 11 is 8.01. The first kappa shape index (κ1) is 35.3. The average Bonchev–Trinajstić information content (AvgIpc) is 3.70. The second kappa shape index (κ2) is 15.2. The quantitative estimate of drug-likeness (QED) is 0.241. The molecule has 0 spiro atoms. The maximum absolute atomic E-state index is 11.4. The first-order chi connectivity index (χ1) is 19.6. The van der Waals surface area contributed by atoms with Crippen LogP contribution in [0.25, 0.3) is 23.1 Å². The van der Waals surface area contributed by atoms with Crippen molar-refractivity contribution in [2.45, 2.75) is 56.8 Å². The summed E-state index contributed by atoms with van der Waals surface area (Å²) in [4.78, 5) is 16.1. The van der Waals surface area contributed by atoms with Gasteiger partial charge in [0.25, 0.3) is 0 Å². The van der Waals surface area contributed by atoms with Crippen LogP contribution in [-0.4, -0.2) is 27.3 Å². The Hall–Kier alpha value is -2.16. The molecule has 1 aliphatic carbocycles. The number of hydrogen-bond acceptors (Lipinski definition) is 5. The van der Waals surface area contributed by atoms with Gasteiger partial charge in [-0.2, -0.15) is 11.8 Å². The number of hydrogen-bond donors (Lipinski definition) is 1. The first-order valence-electron chi connectivity index (χ1n) is 14.1. The monoisotopic (exact) mass is 625 g/mol. The molecule has 0 bridgehead atoms. The number of aryl methyl sites for hydroxylation is 1. The van der Waals surface area contributed by atoms with Crippen molar-refractivity contribution < 1.29 is 50.0 Å². The molecule has 0 saturated heterocycles. The van der Waals surface area contributed by atoms with Crippen molar-refractivity contribution in [2.24, 2.45) is 5.41 Å². The fourth-order valence-corrected chi connectivity index (χ4v) is 7.08. The van der Waals surface area contributed by atoms with E-state index in [1.54, 1.807) is 0 Å². The molecule has 1 aromatic heterocycles. The van der Waals surface area contributed by atoms with E-state index in [1.165, 1.54) is 5.56 Å². The molecule has 0 aliphatic heterocycles. The van der Waals surface area contributed by atoms with Crippen LogP contribution in [0.15, 0.2) is 78.9 Å². The van der Waals surface area contributed by atoms with E-state index in [-0.39, 0.29) is 52.1 Å². The molecule has 1 heterocycles. The molecule has 0 amide bonds. The number of carboxylic acids is 1. The Labute approximate surface area is 285 Å². The van der Waals surface area contributed by atoms with Gasteiger partial charge in [0.2, 0.25) is 0 Å². The van der Waals surface area contributed by atoms with Crippen molar-refractivity contribution in [2.75, 3.05) is 5.75 Å². The number of aliphatic hydroxyl groups is 1. The predicted octanol–water partition coefficient (Wildman–Crippen LogP) is 3.79. The number of pyridine rings is 1. The molecule has 3 aromatic carbocycles. The van der Waals surface area contributed by atoms with E-state index >= 15 is 0 Å². The molecule has 0 radical (unpaired) electrons. The van der Waals surface area contributed by atoms with Crippen LogP contribution in [0.3, 0.4) is 0 Å². The van der Waals surface area contributed by atoms with Gasteiger partial charge in [0.15, 0.2) is 0 Å². The van der Waals surface area contributed by atoms with E-state index in [2.05, 4.69) is 36.4 Å². The van der Waals surface area contributed by atoms with Crippen molar-refractivity contribution in [1.82, 2.24) is 4.98 Å². The summed E-state index contributed by atoms with van der Waals surface area (Å²) in [7, 11) is 0. The summed E-state index contributed by atoms with van der Waals surface area (Å²) in [6.45, 7) is 3.65. The van der Waals surface area contributed by atoms with Crippen LogP contribution >= 0.6 is 23.4 Å². The molecule has 1 atom stereocenters. The van der Waals surface area contributed by atoms with Gasteiger partial charge >= 0.3 is 29.6 Å². The summed E-state index contributed by atoms with van der Waals surface area (Å²) in [5.41, 5.74) is 5.03. The van der Waals surface area contributed by atoms with E-state index in [0.29, 0.717) is 5.02 Å². The number of carbonyl (C=O) groups excluding carboxylic acids is 1. The Balaban J connectivity index is 0.00000253. The minimum atomic E-state index is -0.963. The molecule has 1 saturated carbocycles. The number of rotatable bonds is 12. The predicted molar refractivity (Wildman–Crippen MR) is 172 cm³/mol. The third-order valence-corrected chi connectivity index (χ3v) is 9.75. The fraction of sp³-hybridized carbons (Fsp3) is 0.314. The minimum Gasteiger partial charge on any atom is -0.550 e. The molecule has 0 unspecified atom stereocenters. The molecule has 5 nitrogen and oxygen atoms in total. The van der Waals surface area contributed by atoms with Crippen molar-refractivity contribution in [1.29, 1.82) is 0 Å². The molecule has 1 fully saturated rings. The number of carbonyl (C=O) groups is 1. The zero-order chi connectivity index (χ0) is 29.0. The molecular formula is C35H37ClNNaO4S. The summed E-state index contributed by atoms with van der Waals surface area (Å²) in [6.07, 6.45) is 7.78. The van der Waals surface area contributed by atoms with Crippen LogP contribution in [0.5, 0.6) is 0 Å². The topological polar surface area (TPSA) is 105 Å². The van der Waals surface area contributed by atoms with Gasteiger partial charge in [-0.3, -0.25) is 0 Å². The van der Waals surface area contributed by atoms with Gasteiger partial charge in [0, 0.05) is 21.6 Å². The van der Waals surface area contributed by atoms with Crippen LogP contribution in [0.4, 0.5) is 0 Å². The zero-order valence-corrected chi connectivity index (χ0v) is 28.5. The van der Waals surface area contributed by atoms with E-state index in [0.717, 1.165) is 64.7 Å². The number of thioether (sulfide) groups is 1. The Morgan fingerprint density at radius 2 is 1.81 bits per heavy atom. The molecule has 5 rings (SSSR count). The number of carboxylic acid groups (broad SMARTS) is 1.